The number of piperidine rings is 1. The number of hydrogen-bond acceptors (Lipinski definition) is 5. The third kappa shape index (κ3) is 2.89. The molecule has 2 heterocycles. The standard InChI is InChI=1S/C13H19N5/c1-10-16-12(15-2)9-13(17-10)18-7-4-11(3-6-14)5-8-18/h9,11H,3-5,7-8H2,1-2H3,(H,15,16,17). The van der Waals surface area contributed by atoms with Crippen LogP contribution in [0.4, 0.5) is 11.6 Å². The second kappa shape index (κ2) is 5.67. The fraction of sp³-hybridized carbons (Fsp3) is 0.615. The Morgan fingerprint density at radius 1 is 1.44 bits per heavy atom. The van der Waals surface area contributed by atoms with Crippen LogP contribution in [-0.2, 0) is 0 Å². The molecule has 1 fully saturated rings. The van der Waals surface area contributed by atoms with E-state index in [0.717, 1.165) is 43.4 Å². The van der Waals surface area contributed by atoms with Crippen LogP contribution in [0.1, 0.15) is 25.1 Å². The third-order valence-electron chi connectivity index (χ3n) is 3.40. The quantitative estimate of drug-likeness (QED) is 0.881. The highest BCUT2D eigenvalue weighted by atomic mass is 15.2. The van der Waals surface area contributed by atoms with Gasteiger partial charge in [-0.2, -0.15) is 5.26 Å². The Balaban J connectivity index is 2.05. The molecule has 1 aromatic rings. The summed E-state index contributed by atoms with van der Waals surface area (Å²) in [5.41, 5.74) is 0. The van der Waals surface area contributed by atoms with Crippen LogP contribution in [0.5, 0.6) is 0 Å². The highest BCUT2D eigenvalue weighted by Gasteiger charge is 2.20. The van der Waals surface area contributed by atoms with Crippen molar-refractivity contribution in [3.8, 4) is 6.07 Å². The minimum atomic E-state index is 0.554. The average molecular weight is 245 g/mol. The highest BCUT2D eigenvalue weighted by molar-refractivity contribution is 5.49. The molecule has 0 bridgehead atoms. The van der Waals surface area contributed by atoms with Gasteiger partial charge in [0.05, 0.1) is 6.07 Å². The monoisotopic (exact) mass is 245 g/mol. The van der Waals surface area contributed by atoms with Crippen molar-refractivity contribution < 1.29 is 0 Å². The summed E-state index contributed by atoms with van der Waals surface area (Å²) >= 11 is 0. The van der Waals surface area contributed by atoms with Crippen molar-refractivity contribution in [2.75, 3.05) is 30.4 Å². The van der Waals surface area contributed by atoms with Gasteiger partial charge >= 0.3 is 0 Å². The lowest BCUT2D eigenvalue weighted by Gasteiger charge is -2.32. The van der Waals surface area contributed by atoms with E-state index >= 15 is 0 Å². The van der Waals surface area contributed by atoms with Gasteiger partial charge < -0.3 is 10.2 Å². The first-order valence-corrected chi connectivity index (χ1v) is 6.38. The van der Waals surface area contributed by atoms with Crippen molar-refractivity contribution in [2.45, 2.75) is 26.2 Å². The number of rotatable bonds is 3. The molecule has 0 amide bonds. The molecule has 5 heteroatoms. The van der Waals surface area contributed by atoms with Crippen LogP contribution in [0.15, 0.2) is 6.07 Å². The molecule has 0 atom stereocenters. The zero-order chi connectivity index (χ0) is 13.0. The minimum absolute atomic E-state index is 0.554. The van der Waals surface area contributed by atoms with Crippen LogP contribution in [-0.4, -0.2) is 30.1 Å². The summed E-state index contributed by atoms with van der Waals surface area (Å²) in [7, 11) is 1.87. The van der Waals surface area contributed by atoms with Gasteiger partial charge in [0.2, 0.25) is 0 Å². The molecule has 0 aliphatic carbocycles. The van der Waals surface area contributed by atoms with Crippen LogP contribution in [0.25, 0.3) is 0 Å². The molecule has 96 valence electrons. The van der Waals surface area contributed by atoms with Gasteiger partial charge in [0.1, 0.15) is 17.5 Å². The van der Waals surface area contributed by atoms with E-state index in [1.54, 1.807) is 0 Å². The Morgan fingerprint density at radius 3 is 2.78 bits per heavy atom. The van der Waals surface area contributed by atoms with Crippen molar-refractivity contribution in [3.63, 3.8) is 0 Å². The summed E-state index contributed by atoms with van der Waals surface area (Å²) in [6, 6.07) is 4.25. The van der Waals surface area contributed by atoms with E-state index in [4.69, 9.17) is 5.26 Å². The van der Waals surface area contributed by atoms with Gasteiger partial charge in [-0.05, 0) is 25.7 Å². The molecule has 0 unspecified atom stereocenters. The maximum absolute atomic E-state index is 8.71. The molecule has 18 heavy (non-hydrogen) atoms. The second-order valence-electron chi connectivity index (χ2n) is 4.70. The predicted molar refractivity (Wildman–Crippen MR) is 71.5 cm³/mol. The average Bonchev–Trinajstić information content (AvgIpc) is 2.39. The Morgan fingerprint density at radius 2 is 2.17 bits per heavy atom. The number of nitrogens with one attached hydrogen (secondary N) is 1. The number of nitriles is 1. The van der Waals surface area contributed by atoms with Gasteiger partial charge in [-0.15, -0.1) is 0 Å². The van der Waals surface area contributed by atoms with Crippen LogP contribution in [0, 0.1) is 24.2 Å². The molecule has 1 aromatic heterocycles. The van der Waals surface area contributed by atoms with E-state index in [1.165, 1.54) is 0 Å². The number of aryl methyl sites for hydroxylation is 1. The number of nitrogens with zero attached hydrogens (tertiary/aromatic N) is 4. The molecule has 1 N–H and O–H groups in total. The molecule has 2 rings (SSSR count). The van der Waals surface area contributed by atoms with Gasteiger partial charge in [0, 0.05) is 32.6 Å². The van der Waals surface area contributed by atoms with Gasteiger partial charge in [-0.25, -0.2) is 9.97 Å². The molecule has 5 nitrogen and oxygen atoms in total. The molecule has 0 aromatic carbocycles. The molecule has 0 radical (unpaired) electrons. The van der Waals surface area contributed by atoms with E-state index in [0.29, 0.717) is 12.3 Å². The lowest BCUT2D eigenvalue weighted by molar-refractivity contribution is 0.411. The van der Waals surface area contributed by atoms with Gasteiger partial charge in [0.15, 0.2) is 0 Å². The largest absolute Gasteiger partial charge is 0.373 e. The molecule has 1 aliphatic heterocycles. The van der Waals surface area contributed by atoms with Crippen LogP contribution in [0.2, 0.25) is 0 Å². The van der Waals surface area contributed by atoms with Crippen LogP contribution < -0.4 is 10.2 Å². The van der Waals surface area contributed by atoms with E-state index in [2.05, 4.69) is 26.3 Å². The van der Waals surface area contributed by atoms with Crippen LogP contribution >= 0.6 is 0 Å². The Kier molecular flexibility index (Phi) is 3.98. The summed E-state index contributed by atoms with van der Waals surface area (Å²) in [5.74, 6) is 3.19. The maximum atomic E-state index is 8.71. The zero-order valence-corrected chi connectivity index (χ0v) is 11.0. The first-order chi connectivity index (χ1) is 8.72. The SMILES string of the molecule is CNc1cc(N2CCC(CC#N)CC2)nc(C)n1. The minimum Gasteiger partial charge on any atom is -0.373 e. The first kappa shape index (κ1) is 12.6. The Hall–Kier alpha value is -1.83. The summed E-state index contributed by atoms with van der Waals surface area (Å²) in [5, 5.41) is 11.8. The summed E-state index contributed by atoms with van der Waals surface area (Å²) in [6.45, 7) is 3.87. The molecule has 1 aliphatic rings. The van der Waals surface area contributed by atoms with Gasteiger partial charge in [0.25, 0.3) is 0 Å². The van der Waals surface area contributed by atoms with Gasteiger partial charge in [-0.1, -0.05) is 0 Å². The van der Waals surface area contributed by atoms with E-state index in [9.17, 15) is 0 Å². The highest BCUT2D eigenvalue weighted by Crippen LogP contribution is 2.24. The van der Waals surface area contributed by atoms with E-state index < -0.39 is 0 Å². The lowest BCUT2D eigenvalue weighted by atomic mass is 9.94. The second-order valence-corrected chi connectivity index (χ2v) is 4.70. The molecule has 0 spiro atoms. The van der Waals surface area contributed by atoms with Crippen molar-refractivity contribution in [3.05, 3.63) is 11.9 Å². The lowest BCUT2D eigenvalue weighted by Crippen LogP contribution is -2.34. The normalized spacial score (nSPS) is 16.4. The number of anilines is 2. The number of hydrogen-bond donors (Lipinski definition) is 1. The first-order valence-electron chi connectivity index (χ1n) is 6.38. The molecular formula is C13H19N5. The third-order valence-corrected chi connectivity index (χ3v) is 3.40. The molecular weight excluding hydrogens is 226 g/mol. The topological polar surface area (TPSA) is 64.8 Å². The number of aromatic nitrogens is 2. The predicted octanol–water partition coefficient (Wildman–Crippen LogP) is 1.96. The molecule has 1 saturated heterocycles. The zero-order valence-electron chi connectivity index (χ0n) is 11.0. The van der Waals surface area contributed by atoms with Crippen molar-refractivity contribution in [1.82, 2.24) is 9.97 Å². The van der Waals surface area contributed by atoms with Crippen molar-refractivity contribution >= 4 is 11.6 Å². The van der Waals surface area contributed by atoms with Crippen molar-refractivity contribution in [1.29, 1.82) is 5.26 Å². The summed E-state index contributed by atoms with van der Waals surface area (Å²) in [6.07, 6.45) is 2.83. The summed E-state index contributed by atoms with van der Waals surface area (Å²) in [4.78, 5) is 11.1. The maximum Gasteiger partial charge on any atom is 0.134 e. The Labute approximate surface area is 108 Å². The van der Waals surface area contributed by atoms with E-state index in [-0.39, 0.29) is 0 Å². The Bertz CT molecular complexity index is 443. The summed E-state index contributed by atoms with van der Waals surface area (Å²) < 4.78 is 0. The van der Waals surface area contributed by atoms with Gasteiger partial charge in [-0.3, -0.25) is 0 Å². The van der Waals surface area contributed by atoms with Crippen LogP contribution in [0.3, 0.4) is 0 Å². The fourth-order valence-electron chi connectivity index (χ4n) is 2.34. The smallest absolute Gasteiger partial charge is 0.134 e. The van der Waals surface area contributed by atoms with E-state index in [1.807, 2.05) is 20.0 Å². The fourth-order valence-corrected chi connectivity index (χ4v) is 2.34. The van der Waals surface area contributed by atoms with Crippen molar-refractivity contribution in [2.24, 2.45) is 5.92 Å². The molecule has 0 saturated carbocycles.